The Balaban J connectivity index is 0.000000406. The Morgan fingerprint density at radius 3 is 2.03 bits per heavy atom. The van der Waals surface area contributed by atoms with Gasteiger partial charge in [0.15, 0.2) is 11.5 Å². The van der Waals surface area contributed by atoms with Crippen molar-refractivity contribution in [2.45, 2.75) is 11.7 Å². The van der Waals surface area contributed by atoms with Crippen molar-refractivity contribution in [2.24, 2.45) is 10.7 Å². The molecule has 1 amide bonds. The predicted octanol–water partition coefficient (Wildman–Crippen LogP) is 4.67. The molecular formula is C24H19ClF3N3O3. The Bertz CT molecular complexity index is 1230. The molecule has 4 rings (SSSR count). The third-order valence-corrected chi connectivity index (χ3v) is 5.38. The van der Waals surface area contributed by atoms with Crippen LogP contribution in [0.25, 0.3) is 11.1 Å². The van der Waals surface area contributed by atoms with Crippen molar-refractivity contribution in [1.82, 2.24) is 4.90 Å². The highest BCUT2D eigenvalue weighted by Crippen LogP contribution is 2.40. The summed E-state index contributed by atoms with van der Waals surface area (Å²) in [4.78, 5) is 28.2. The van der Waals surface area contributed by atoms with Crippen LogP contribution in [0.15, 0.2) is 83.9 Å². The zero-order valence-corrected chi connectivity index (χ0v) is 18.5. The molecule has 10 heteroatoms. The molecule has 3 aromatic rings. The third kappa shape index (κ3) is 4.89. The van der Waals surface area contributed by atoms with E-state index in [9.17, 15) is 18.0 Å². The fourth-order valence-electron chi connectivity index (χ4n) is 3.43. The third-order valence-electron chi connectivity index (χ3n) is 5.13. The summed E-state index contributed by atoms with van der Waals surface area (Å²) < 4.78 is 31.7. The fourth-order valence-corrected chi connectivity index (χ4v) is 3.56. The number of nitrogens with zero attached hydrogens (tertiary/aromatic N) is 2. The summed E-state index contributed by atoms with van der Waals surface area (Å²) in [6.45, 7) is 0. The minimum Gasteiger partial charge on any atom is -0.475 e. The first-order valence-electron chi connectivity index (χ1n) is 9.82. The maximum Gasteiger partial charge on any atom is 0.490 e. The number of amides is 1. The molecule has 0 aromatic heterocycles. The normalized spacial score (nSPS) is 17.6. The first kappa shape index (κ1) is 24.8. The number of benzene rings is 3. The molecule has 3 N–H and O–H groups in total. The number of guanidine groups is 1. The number of halogens is 4. The van der Waals surface area contributed by atoms with Crippen molar-refractivity contribution in [3.05, 3.63) is 95.0 Å². The number of nitrogens with two attached hydrogens (primary N) is 1. The van der Waals surface area contributed by atoms with Gasteiger partial charge < -0.3 is 10.8 Å². The van der Waals surface area contributed by atoms with Crippen molar-refractivity contribution in [3.8, 4) is 11.1 Å². The second-order valence-corrected chi connectivity index (χ2v) is 7.74. The number of likely N-dealkylation sites (N-methyl/N-ethyl adjacent to an activating group) is 1. The second-order valence-electron chi connectivity index (χ2n) is 7.30. The number of rotatable bonds is 3. The van der Waals surface area contributed by atoms with E-state index in [1.54, 1.807) is 7.05 Å². The number of hydrogen-bond acceptors (Lipinski definition) is 4. The summed E-state index contributed by atoms with van der Waals surface area (Å²) >= 11 is 6.01. The van der Waals surface area contributed by atoms with Crippen molar-refractivity contribution < 1.29 is 27.9 Å². The molecule has 0 radical (unpaired) electrons. The molecule has 1 atom stereocenters. The molecule has 34 heavy (non-hydrogen) atoms. The van der Waals surface area contributed by atoms with Gasteiger partial charge >= 0.3 is 12.1 Å². The van der Waals surface area contributed by atoms with E-state index < -0.39 is 17.7 Å². The van der Waals surface area contributed by atoms with Gasteiger partial charge in [-0.05, 0) is 40.5 Å². The van der Waals surface area contributed by atoms with E-state index in [0.717, 1.165) is 22.3 Å². The molecule has 176 valence electrons. The lowest BCUT2D eigenvalue weighted by molar-refractivity contribution is -0.192. The summed E-state index contributed by atoms with van der Waals surface area (Å²) in [5.74, 6) is -2.72. The van der Waals surface area contributed by atoms with Gasteiger partial charge in [-0.2, -0.15) is 13.2 Å². The lowest BCUT2D eigenvalue weighted by Gasteiger charge is -2.26. The van der Waals surface area contributed by atoms with E-state index in [0.29, 0.717) is 5.02 Å². The SMILES string of the molecule is CN1C(=O)C(c2ccccc2)(c2cccc(-c3ccc(Cl)cc3)c2)N=C1N.O=C(O)C(F)(F)F. The van der Waals surface area contributed by atoms with Gasteiger partial charge in [0, 0.05) is 12.1 Å². The Kier molecular flexibility index (Phi) is 6.97. The Morgan fingerprint density at radius 1 is 0.971 bits per heavy atom. The molecule has 0 aliphatic carbocycles. The number of aliphatic carboxylic acids is 1. The number of carboxylic acids is 1. The Hall–Kier alpha value is -3.85. The zero-order chi connectivity index (χ0) is 25.1. The Labute approximate surface area is 198 Å². The lowest BCUT2D eigenvalue weighted by atomic mass is 9.82. The van der Waals surface area contributed by atoms with Crippen molar-refractivity contribution in [1.29, 1.82) is 0 Å². The van der Waals surface area contributed by atoms with Gasteiger partial charge in [0.2, 0.25) is 0 Å². The van der Waals surface area contributed by atoms with Crippen LogP contribution in [-0.2, 0) is 15.1 Å². The van der Waals surface area contributed by atoms with Crippen LogP contribution in [0.4, 0.5) is 13.2 Å². The molecule has 0 fully saturated rings. The van der Waals surface area contributed by atoms with E-state index in [1.165, 1.54) is 4.90 Å². The average molecular weight is 490 g/mol. The first-order valence-corrected chi connectivity index (χ1v) is 10.2. The molecule has 1 unspecified atom stereocenters. The number of carboxylic acid groups (broad SMARTS) is 1. The van der Waals surface area contributed by atoms with E-state index in [2.05, 4.69) is 4.99 Å². The molecule has 1 aliphatic rings. The van der Waals surface area contributed by atoms with Gasteiger partial charge in [-0.15, -0.1) is 0 Å². The number of carbonyl (C=O) groups is 2. The maximum atomic E-state index is 13.2. The molecule has 0 bridgehead atoms. The number of hydrogen-bond donors (Lipinski definition) is 2. The van der Waals surface area contributed by atoms with Crippen LogP contribution in [0.3, 0.4) is 0 Å². The highest BCUT2D eigenvalue weighted by molar-refractivity contribution is 6.30. The Morgan fingerprint density at radius 2 is 1.53 bits per heavy atom. The van der Waals surface area contributed by atoms with Gasteiger partial charge in [0.05, 0.1) is 0 Å². The quantitative estimate of drug-likeness (QED) is 0.559. The molecule has 1 heterocycles. The van der Waals surface area contributed by atoms with Gasteiger partial charge in [-0.1, -0.05) is 72.3 Å². The summed E-state index contributed by atoms with van der Waals surface area (Å²) in [6, 6.07) is 25.0. The van der Waals surface area contributed by atoms with E-state index in [1.807, 2.05) is 78.9 Å². The standard InChI is InChI=1S/C22H18ClN3O.C2HF3O2/c1-26-20(27)22(25-21(26)24,17-7-3-2-4-8-17)18-9-5-6-16(14-18)15-10-12-19(23)13-11-15;3-2(4,5)1(6)7/h2-14H,1H3,(H2,24,25);(H,6,7). The van der Waals surface area contributed by atoms with Crippen LogP contribution >= 0.6 is 11.6 Å². The van der Waals surface area contributed by atoms with Crippen LogP contribution in [0.2, 0.25) is 5.02 Å². The number of alkyl halides is 3. The fraction of sp³-hybridized carbons (Fsp3) is 0.125. The molecule has 6 nitrogen and oxygen atoms in total. The summed E-state index contributed by atoms with van der Waals surface area (Å²) in [6.07, 6.45) is -5.08. The minimum atomic E-state index is -5.08. The largest absolute Gasteiger partial charge is 0.490 e. The van der Waals surface area contributed by atoms with Crippen LogP contribution in [0.1, 0.15) is 11.1 Å². The number of aliphatic imine (C=N–C) groups is 1. The van der Waals surface area contributed by atoms with E-state index >= 15 is 0 Å². The molecule has 3 aromatic carbocycles. The number of carbonyl (C=O) groups excluding carboxylic acids is 1. The zero-order valence-electron chi connectivity index (χ0n) is 17.8. The topological polar surface area (TPSA) is 96.0 Å². The van der Waals surface area contributed by atoms with Crippen molar-refractivity contribution in [2.75, 3.05) is 7.05 Å². The van der Waals surface area contributed by atoms with E-state index in [4.69, 9.17) is 27.2 Å². The van der Waals surface area contributed by atoms with E-state index in [-0.39, 0.29) is 11.9 Å². The summed E-state index contributed by atoms with van der Waals surface area (Å²) in [5.41, 5.74) is 8.41. The second kappa shape index (κ2) is 9.56. The monoisotopic (exact) mass is 489 g/mol. The maximum absolute atomic E-state index is 13.2. The minimum absolute atomic E-state index is 0.167. The summed E-state index contributed by atoms with van der Waals surface area (Å²) in [5, 5.41) is 7.81. The van der Waals surface area contributed by atoms with Crippen LogP contribution < -0.4 is 5.73 Å². The average Bonchev–Trinajstić information content (AvgIpc) is 3.05. The lowest BCUT2D eigenvalue weighted by Crippen LogP contribution is -2.41. The van der Waals surface area contributed by atoms with Gasteiger partial charge in [0.25, 0.3) is 5.91 Å². The van der Waals surface area contributed by atoms with Crippen molar-refractivity contribution in [3.63, 3.8) is 0 Å². The highest BCUT2D eigenvalue weighted by Gasteiger charge is 2.49. The summed E-state index contributed by atoms with van der Waals surface area (Å²) in [7, 11) is 1.65. The molecule has 0 spiro atoms. The van der Waals surface area contributed by atoms with Gasteiger partial charge in [-0.3, -0.25) is 9.69 Å². The predicted molar refractivity (Wildman–Crippen MR) is 122 cm³/mol. The molecule has 0 saturated heterocycles. The van der Waals surface area contributed by atoms with Gasteiger partial charge in [-0.25, -0.2) is 9.79 Å². The van der Waals surface area contributed by atoms with Crippen LogP contribution in [0, 0.1) is 0 Å². The first-order chi connectivity index (χ1) is 16.0. The van der Waals surface area contributed by atoms with Crippen LogP contribution in [0.5, 0.6) is 0 Å². The smallest absolute Gasteiger partial charge is 0.475 e. The van der Waals surface area contributed by atoms with Gasteiger partial charge in [0.1, 0.15) is 0 Å². The molecule has 0 saturated carbocycles. The molecular weight excluding hydrogens is 471 g/mol. The van der Waals surface area contributed by atoms with Crippen LogP contribution in [-0.4, -0.2) is 41.1 Å². The van der Waals surface area contributed by atoms with Crippen molar-refractivity contribution >= 4 is 29.4 Å². The highest BCUT2D eigenvalue weighted by atomic mass is 35.5. The molecule has 1 aliphatic heterocycles.